The number of aromatic nitrogens is 5. The molecule has 38 heavy (non-hydrogen) atoms. The Kier molecular flexibility index (Phi) is 7.66. The van der Waals surface area contributed by atoms with E-state index in [0.717, 1.165) is 94.6 Å². The summed E-state index contributed by atoms with van der Waals surface area (Å²) in [6.45, 7) is 11.2. The highest BCUT2D eigenvalue weighted by molar-refractivity contribution is 5.44. The quantitative estimate of drug-likeness (QED) is 0.525. The second-order valence-electron chi connectivity index (χ2n) is 12.1. The van der Waals surface area contributed by atoms with Crippen LogP contribution in [0.3, 0.4) is 0 Å². The van der Waals surface area contributed by atoms with Crippen molar-refractivity contribution in [2.24, 2.45) is 5.41 Å². The van der Waals surface area contributed by atoms with Crippen molar-refractivity contribution in [1.29, 1.82) is 0 Å². The lowest BCUT2D eigenvalue weighted by molar-refractivity contribution is -0.178. The van der Waals surface area contributed by atoms with Crippen LogP contribution < -0.4 is 5.32 Å². The minimum atomic E-state index is -0.0245. The van der Waals surface area contributed by atoms with E-state index in [-0.39, 0.29) is 5.60 Å². The third-order valence-electron chi connectivity index (χ3n) is 8.86. The van der Waals surface area contributed by atoms with E-state index in [2.05, 4.69) is 33.4 Å². The first kappa shape index (κ1) is 26.1. The summed E-state index contributed by atoms with van der Waals surface area (Å²) in [6, 6.07) is 2.48. The van der Waals surface area contributed by atoms with Gasteiger partial charge in [0.2, 0.25) is 0 Å². The molecule has 2 saturated carbocycles. The molecule has 0 amide bonds. The van der Waals surface area contributed by atoms with Crippen LogP contribution in [0.25, 0.3) is 5.69 Å². The Hall–Kier alpha value is -2.14. The molecule has 4 aliphatic rings. The second-order valence-corrected chi connectivity index (χ2v) is 12.1. The lowest BCUT2D eigenvalue weighted by Gasteiger charge is -2.47. The third kappa shape index (κ3) is 6.03. The lowest BCUT2D eigenvalue weighted by Crippen LogP contribution is -2.53. The molecule has 1 spiro atoms. The molecule has 10 heteroatoms. The van der Waals surface area contributed by atoms with Crippen molar-refractivity contribution in [3.05, 3.63) is 23.9 Å². The fourth-order valence-corrected chi connectivity index (χ4v) is 6.35. The molecule has 208 valence electrons. The van der Waals surface area contributed by atoms with Crippen LogP contribution in [0.1, 0.15) is 82.8 Å². The summed E-state index contributed by atoms with van der Waals surface area (Å²) < 4.78 is 19.3. The Labute approximate surface area is 225 Å². The SMILES string of the molecule is CCOCc1nc(C2CC2)n(-c2cnnc(NC3CCC(C)(CN4CCC5(CC4)COCCO5)CC3)c2)n1. The van der Waals surface area contributed by atoms with Gasteiger partial charge in [0.25, 0.3) is 0 Å². The van der Waals surface area contributed by atoms with Crippen LogP contribution in [0, 0.1) is 5.41 Å². The van der Waals surface area contributed by atoms with Gasteiger partial charge in [0, 0.05) is 44.3 Å². The highest BCUT2D eigenvalue weighted by atomic mass is 16.6. The van der Waals surface area contributed by atoms with Gasteiger partial charge in [-0.2, -0.15) is 5.10 Å². The maximum Gasteiger partial charge on any atom is 0.177 e. The standard InChI is InChI=1S/C28H43N7O3/c1-3-36-18-25-31-26(21-4-5-21)35(33-25)23-16-24(32-29-17-23)30-22-6-8-27(2,9-7-22)19-34-12-10-28(11-13-34)20-37-14-15-38-28/h16-17,21-22H,3-15,18-20H2,1-2H3,(H,30,32). The molecule has 6 rings (SSSR count). The van der Waals surface area contributed by atoms with Gasteiger partial charge in [-0.1, -0.05) is 6.92 Å². The predicted molar refractivity (Wildman–Crippen MR) is 143 cm³/mol. The fourth-order valence-electron chi connectivity index (χ4n) is 6.35. The topological polar surface area (TPSA) is 99.5 Å². The van der Waals surface area contributed by atoms with E-state index in [1.165, 1.54) is 19.4 Å². The van der Waals surface area contributed by atoms with Crippen LogP contribution in [0.2, 0.25) is 0 Å². The number of anilines is 1. The molecule has 4 heterocycles. The van der Waals surface area contributed by atoms with Crippen molar-refractivity contribution in [3.8, 4) is 5.69 Å². The van der Waals surface area contributed by atoms with Crippen LogP contribution in [0.4, 0.5) is 5.82 Å². The number of ether oxygens (including phenoxy) is 3. The van der Waals surface area contributed by atoms with Gasteiger partial charge >= 0.3 is 0 Å². The van der Waals surface area contributed by atoms with Gasteiger partial charge in [-0.15, -0.1) is 10.2 Å². The van der Waals surface area contributed by atoms with Crippen molar-refractivity contribution in [2.75, 3.05) is 51.4 Å². The van der Waals surface area contributed by atoms with Crippen molar-refractivity contribution < 1.29 is 14.2 Å². The van der Waals surface area contributed by atoms with E-state index >= 15 is 0 Å². The highest BCUT2D eigenvalue weighted by Gasteiger charge is 2.40. The molecule has 1 N–H and O–H groups in total. The predicted octanol–water partition coefficient (Wildman–Crippen LogP) is 3.71. The van der Waals surface area contributed by atoms with Gasteiger partial charge in [-0.25, -0.2) is 9.67 Å². The zero-order chi connectivity index (χ0) is 26.0. The highest BCUT2D eigenvalue weighted by Crippen LogP contribution is 2.41. The van der Waals surface area contributed by atoms with Gasteiger partial charge in [-0.3, -0.25) is 0 Å². The van der Waals surface area contributed by atoms with Crippen molar-refractivity contribution in [3.63, 3.8) is 0 Å². The summed E-state index contributed by atoms with van der Waals surface area (Å²) >= 11 is 0. The van der Waals surface area contributed by atoms with Gasteiger partial charge in [0.05, 0.1) is 37.3 Å². The van der Waals surface area contributed by atoms with E-state index in [1.54, 1.807) is 6.20 Å². The van der Waals surface area contributed by atoms with Gasteiger partial charge in [0.15, 0.2) is 11.6 Å². The Bertz CT molecular complexity index is 1060. The largest absolute Gasteiger partial charge is 0.376 e. The second kappa shape index (κ2) is 11.2. The lowest BCUT2D eigenvalue weighted by atomic mass is 9.73. The molecule has 4 fully saturated rings. The summed E-state index contributed by atoms with van der Waals surface area (Å²) in [6.07, 6.45) is 11.0. The number of rotatable bonds is 9. The molecular weight excluding hydrogens is 482 g/mol. The first-order valence-corrected chi connectivity index (χ1v) is 14.6. The fraction of sp³-hybridized carbons (Fsp3) is 0.786. The zero-order valence-electron chi connectivity index (χ0n) is 23.0. The van der Waals surface area contributed by atoms with Crippen molar-refractivity contribution >= 4 is 5.82 Å². The van der Waals surface area contributed by atoms with Gasteiger partial charge < -0.3 is 24.4 Å². The normalized spacial score (nSPS) is 28.0. The van der Waals surface area contributed by atoms with E-state index in [1.807, 2.05) is 11.6 Å². The van der Waals surface area contributed by atoms with Gasteiger partial charge in [0.1, 0.15) is 12.4 Å². The summed E-state index contributed by atoms with van der Waals surface area (Å²) in [4.78, 5) is 7.42. The molecule has 2 aromatic heterocycles. The Morgan fingerprint density at radius 1 is 1.11 bits per heavy atom. The van der Waals surface area contributed by atoms with E-state index in [9.17, 15) is 0 Å². The van der Waals surface area contributed by atoms with Crippen molar-refractivity contribution in [1.82, 2.24) is 29.9 Å². The molecule has 0 bridgehead atoms. The minimum Gasteiger partial charge on any atom is -0.376 e. The number of nitrogens with zero attached hydrogens (tertiary/aromatic N) is 6. The molecule has 2 aliphatic carbocycles. The molecule has 10 nitrogen and oxygen atoms in total. The Morgan fingerprint density at radius 3 is 2.63 bits per heavy atom. The minimum absolute atomic E-state index is 0.0245. The van der Waals surface area contributed by atoms with Crippen LogP contribution in [0.5, 0.6) is 0 Å². The molecule has 2 saturated heterocycles. The molecular formula is C28H43N7O3. The van der Waals surface area contributed by atoms with E-state index < -0.39 is 0 Å². The van der Waals surface area contributed by atoms with E-state index in [0.29, 0.717) is 30.6 Å². The van der Waals surface area contributed by atoms with Gasteiger partial charge in [-0.05, 0) is 63.7 Å². The Balaban J connectivity index is 1.03. The number of piperidine rings is 1. The monoisotopic (exact) mass is 525 g/mol. The molecule has 0 radical (unpaired) electrons. The first-order valence-electron chi connectivity index (χ1n) is 14.6. The van der Waals surface area contributed by atoms with Crippen molar-refractivity contribution in [2.45, 2.75) is 89.4 Å². The van der Waals surface area contributed by atoms with Crippen LogP contribution in [0.15, 0.2) is 12.3 Å². The average Bonchev–Trinajstić information content (AvgIpc) is 3.70. The molecule has 2 aromatic rings. The molecule has 0 atom stereocenters. The number of nitrogens with one attached hydrogen (secondary N) is 1. The number of likely N-dealkylation sites (tertiary alicyclic amines) is 1. The molecule has 0 aromatic carbocycles. The van der Waals surface area contributed by atoms with E-state index in [4.69, 9.17) is 24.3 Å². The summed E-state index contributed by atoms with van der Waals surface area (Å²) in [5.74, 6) is 3.04. The number of hydrogen-bond acceptors (Lipinski definition) is 9. The smallest absolute Gasteiger partial charge is 0.177 e. The third-order valence-corrected chi connectivity index (χ3v) is 8.86. The summed E-state index contributed by atoms with van der Waals surface area (Å²) in [5, 5.41) is 17.1. The maximum absolute atomic E-state index is 6.13. The first-order chi connectivity index (χ1) is 18.5. The summed E-state index contributed by atoms with van der Waals surface area (Å²) in [7, 11) is 0. The number of hydrogen-bond donors (Lipinski definition) is 1. The maximum atomic E-state index is 6.13. The van der Waals surface area contributed by atoms with Crippen LogP contribution in [-0.4, -0.2) is 87.6 Å². The average molecular weight is 526 g/mol. The zero-order valence-corrected chi connectivity index (χ0v) is 23.0. The molecule has 2 aliphatic heterocycles. The summed E-state index contributed by atoms with van der Waals surface area (Å²) in [5.41, 5.74) is 1.25. The van der Waals surface area contributed by atoms with Crippen LogP contribution >= 0.6 is 0 Å². The van der Waals surface area contributed by atoms with Crippen LogP contribution in [-0.2, 0) is 20.8 Å². The Morgan fingerprint density at radius 2 is 1.92 bits per heavy atom. The molecule has 0 unspecified atom stereocenters.